The number of carbonyl (C=O) groups is 3. The quantitative estimate of drug-likeness (QED) is 0.638. The lowest BCUT2D eigenvalue weighted by Crippen LogP contribution is -2.52. The minimum absolute atomic E-state index is 0.00893. The average molecular weight is 431 g/mol. The summed E-state index contributed by atoms with van der Waals surface area (Å²) in [6.45, 7) is 4.41. The smallest absolute Gasteiger partial charge is 0.253 e. The molecule has 2 saturated carbocycles. The second-order valence-electron chi connectivity index (χ2n) is 9.87. The van der Waals surface area contributed by atoms with Gasteiger partial charge in [-0.05, 0) is 60.9 Å². The maximum atomic E-state index is 13.0. The summed E-state index contributed by atoms with van der Waals surface area (Å²) in [6.07, 6.45) is 4.95. The normalized spacial score (nSPS) is 19.5. The predicted molar refractivity (Wildman–Crippen MR) is 123 cm³/mol. The van der Waals surface area contributed by atoms with Crippen molar-refractivity contribution in [3.63, 3.8) is 0 Å². The molecular weight excluding hydrogens is 400 g/mol. The molecule has 1 heterocycles. The fraction of sp³-hybridized carbons (Fsp3) is 0.444. The SMILES string of the molecule is CC1(C(=O)N2CCN(C(=O)c3ccc(-c4cccc(C(=O)CC5CC5)c4)cc3)CC2)CC1. The van der Waals surface area contributed by atoms with E-state index < -0.39 is 0 Å². The van der Waals surface area contributed by atoms with Crippen LogP contribution >= 0.6 is 0 Å². The number of rotatable bonds is 6. The van der Waals surface area contributed by atoms with E-state index in [9.17, 15) is 14.4 Å². The first-order chi connectivity index (χ1) is 15.4. The zero-order valence-electron chi connectivity index (χ0n) is 18.7. The highest BCUT2D eigenvalue weighted by Gasteiger charge is 2.47. The molecular formula is C27H30N2O3. The summed E-state index contributed by atoms with van der Waals surface area (Å²) in [5.74, 6) is 1.05. The number of nitrogens with zero attached hydrogens (tertiary/aromatic N) is 2. The Kier molecular flexibility index (Phi) is 5.36. The van der Waals surface area contributed by atoms with Crippen molar-refractivity contribution < 1.29 is 14.4 Å². The summed E-state index contributed by atoms with van der Waals surface area (Å²) in [7, 11) is 0. The van der Waals surface area contributed by atoms with Gasteiger partial charge in [-0.25, -0.2) is 0 Å². The summed E-state index contributed by atoms with van der Waals surface area (Å²) in [4.78, 5) is 41.7. The average Bonchev–Trinajstić information content (AvgIpc) is 3.77. The van der Waals surface area contributed by atoms with Gasteiger partial charge >= 0.3 is 0 Å². The van der Waals surface area contributed by atoms with E-state index in [0.29, 0.717) is 44.1 Å². The van der Waals surface area contributed by atoms with Gasteiger partial charge in [-0.2, -0.15) is 0 Å². The number of carbonyl (C=O) groups excluding carboxylic acids is 3. The first-order valence-corrected chi connectivity index (χ1v) is 11.8. The van der Waals surface area contributed by atoms with Crippen molar-refractivity contribution in [3.8, 4) is 11.1 Å². The molecule has 0 atom stereocenters. The molecule has 0 aromatic heterocycles. The minimum Gasteiger partial charge on any atom is -0.339 e. The van der Waals surface area contributed by atoms with Crippen molar-refractivity contribution in [2.75, 3.05) is 26.2 Å². The highest BCUT2D eigenvalue weighted by atomic mass is 16.2. The van der Waals surface area contributed by atoms with Crippen molar-refractivity contribution in [3.05, 3.63) is 59.7 Å². The van der Waals surface area contributed by atoms with Crippen LogP contribution in [0.25, 0.3) is 11.1 Å². The molecule has 0 unspecified atom stereocenters. The van der Waals surface area contributed by atoms with Gasteiger partial charge in [0.05, 0.1) is 0 Å². The lowest BCUT2D eigenvalue weighted by molar-refractivity contribution is -0.137. The third kappa shape index (κ3) is 4.34. The van der Waals surface area contributed by atoms with E-state index in [2.05, 4.69) is 0 Å². The number of ketones is 1. The van der Waals surface area contributed by atoms with Gasteiger partial charge in [-0.3, -0.25) is 14.4 Å². The Hall–Kier alpha value is -2.95. The van der Waals surface area contributed by atoms with Gasteiger partial charge in [-0.1, -0.05) is 37.3 Å². The molecule has 166 valence electrons. The van der Waals surface area contributed by atoms with E-state index in [1.165, 1.54) is 12.8 Å². The van der Waals surface area contributed by atoms with Crippen LogP contribution in [0.5, 0.6) is 0 Å². The fourth-order valence-electron chi connectivity index (χ4n) is 4.46. The predicted octanol–water partition coefficient (Wildman–Crippen LogP) is 4.42. The lowest BCUT2D eigenvalue weighted by Gasteiger charge is -2.36. The van der Waals surface area contributed by atoms with Crippen LogP contribution in [0.4, 0.5) is 0 Å². The van der Waals surface area contributed by atoms with Crippen molar-refractivity contribution in [2.24, 2.45) is 11.3 Å². The van der Waals surface area contributed by atoms with Gasteiger partial charge < -0.3 is 9.80 Å². The first kappa shape index (κ1) is 20.9. The molecule has 2 aromatic rings. The Bertz CT molecular complexity index is 1040. The minimum atomic E-state index is -0.151. The number of hydrogen-bond acceptors (Lipinski definition) is 3. The van der Waals surface area contributed by atoms with Gasteiger partial charge in [0, 0.05) is 49.1 Å². The third-order valence-electron chi connectivity index (χ3n) is 7.19. The van der Waals surface area contributed by atoms with Crippen molar-refractivity contribution in [1.29, 1.82) is 0 Å². The molecule has 2 aliphatic carbocycles. The number of Topliss-reactive ketones (excluding diaryl/α,β-unsaturated/α-hetero) is 1. The molecule has 3 aliphatic rings. The third-order valence-corrected chi connectivity index (χ3v) is 7.19. The number of hydrogen-bond donors (Lipinski definition) is 0. The Morgan fingerprint density at radius 1 is 0.844 bits per heavy atom. The number of benzene rings is 2. The lowest BCUT2D eigenvalue weighted by atomic mass is 9.98. The highest BCUT2D eigenvalue weighted by molar-refractivity contribution is 5.98. The van der Waals surface area contributed by atoms with Crippen LogP contribution in [-0.4, -0.2) is 53.6 Å². The summed E-state index contributed by atoms with van der Waals surface area (Å²) < 4.78 is 0. The molecule has 32 heavy (non-hydrogen) atoms. The van der Waals surface area contributed by atoms with Crippen LogP contribution < -0.4 is 0 Å². The standard InChI is InChI=1S/C27H30N2O3/c1-27(11-12-27)26(32)29-15-13-28(14-16-29)25(31)21-9-7-20(8-10-21)22-3-2-4-23(18-22)24(30)17-19-5-6-19/h2-4,7-10,18-19H,5-6,11-17H2,1H3. The van der Waals surface area contributed by atoms with Crippen LogP contribution in [0.3, 0.4) is 0 Å². The van der Waals surface area contributed by atoms with Crippen molar-refractivity contribution in [2.45, 2.75) is 39.0 Å². The van der Waals surface area contributed by atoms with E-state index in [4.69, 9.17) is 0 Å². The Morgan fingerprint density at radius 3 is 2.12 bits per heavy atom. The second kappa shape index (κ2) is 8.19. The molecule has 0 radical (unpaired) electrons. The molecule has 1 saturated heterocycles. The molecule has 3 fully saturated rings. The van der Waals surface area contributed by atoms with Crippen molar-refractivity contribution in [1.82, 2.24) is 9.80 Å². The van der Waals surface area contributed by atoms with E-state index in [1.54, 1.807) is 0 Å². The molecule has 2 aromatic carbocycles. The van der Waals surface area contributed by atoms with Crippen LogP contribution in [0.15, 0.2) is 48.5 Å². The van der Waals surface area contributed by atoms with Crippen LogP contribution in [-0.2, 0) is 4.79 Å². The van der Waals surface area contributed by atoms with E-state index in [-0.39, 0.29) is 23.0 Å². The molecule has 1 aliphatic heterocycles. The molecule has 5 nitrogen and oxygen atoms in total. The molecule has 5 heteroatoms. The summed E-state index contributed by atoms with van der Waals surface area (Å²) in [5, 5.41) is 0. The van der Waals surface area contributed by atoms with Gasteiger partial charge in [0.2, 0.25) is 5.91 Å². The van der Waals surface area contributed by atoms with Gasteiger partial charge in [0.15, 0.2) is 5.78 Å². The molecule has 0 N–H and O–H groups in total. The van der Waals surface area contributed by atoms with Crippen LogP contribution in [0.1, 0.15) is 59.7 Å². The summed E-state index contributed by atoms with van der Waals surface area (Å²) in [6, 6.07) is 15.4. The Balaban J connectivity index is 1.21. The zero-order valence-corrected chi connectivity index (χ0v) is 18.7. The topological polar surface area (TPSA) is 57.7 Å². The van der Waals surface area contributed by atoms with Gasteiger partial charge in [0.25, 0.3) is 5.91 Å². The zero-order chi connectivity index (χ0) is 22.3. The largest absolute Gasteiger partial charge is 0.339 e. The Labute approximate surface area is 189 Å². The van der Waals surface area contributed by atoms with Crippen LogP contribution in [0.2, 0.25) is 0 Å². The molecule has 2 amide bonds. The van der Waals surface area contributed by atoms with Gasteiger partial charge in [0.1, 0.15) is 0 Å². The number of amides is 2. The summed E-state index contributed by atoms with van der Waals surface area (Å²) >= 11 is 0. The Morgan fingerprint density at radius 2 is 1.50 bits per heavy atom. The first-order valence-electron chi connectivity index (χ1n) is 11.8. The maximum absolute atomic E-state index is 13.0. The van der Waals surface area contributed by atoms with E-state index in [0.717, 1.165) is 29.5 Å². The maximum Gasteiger partial charge on any atom is 0.253 e. The van der Waals surface area contributed by atoms with Crippen molar-refractivity contribution >= 4 is 17.6 Å². The molecule has 0 spiro atoms. The monoisotopic (exact) mass is 430 g/mol. The number of piperazine rings is 1. The fourth-order valence-corrected chi connectivity index (χ4v) is 4.46. The van der Waals surface area contributed by atoms with E-state index in [1.807, 2.05) is 65.3 Å². The van der Waals surface area contributed by atoms with E-state index >= 15 is 0 Å². The molecule has 0 bridgehead atoms. The highest BCUT2D eigenvalue weighted by Crippen LogP contribution is 2.46. The second-order valence-corrected chi connectivity index (χ2v) is 9.87. The van der Waals surface area contributed by atoms with Crippen LogP contribution in [0, 0.1) is 11.3 Å². The summed E-state index contributed by atoms with van der Waals surface area (Å²) in [5.41, 5.74) is 3.26. The van der Waals surface area contributed by atoms with Gasteiger partial charge in [-0.15, -0.1) is 0 Å². The molecule has 5 rings (SSSR count).